The van der Waals surface area contributed by atoms with Crippen LogP contribution in [0.15, 0.2) is 0 Å². The zero-order valence-electron chi connectivity index (χ0n) is 12.5. The zero-order chi connectivity index (χ0) is 15.8. The molecule has 4 N–H and O–H groups in total. The maximum Gasteiger partial charge on any atom is 0.317 e. The molecule has 0 saturated carbocycles. The average Bonchev–Trinajstić information content (AvgIpc) is 2.42. The molecule has 7 heteroatoms. The normalized spacial score (nSPS) is 17.3. The Bertz CT molecular complexity index is 378. The highest BCUT2D eigenvalue weighted by atomic mass is 16.4. The highest BCUT2D eigenvalue weighted by Gasteiger charge is 2.24. The molecule has 0 aromatic rings. The number of piperidine rings is 1. The van der Waals surface area contributed by atoms with Crippen LogP contribution in [-0.4, -0.2) is 47.5 Å². The highest BCUT2D eigenvalue weighted by Crippen LogP contribution is 2.20. The number of likely N-dealkylation sites (tertiary alicyclic amines) is 1. The Labute approximate surface area is 124 Å². The van der Waals surface area contributed by atoms with Crippen LogP contribution in [0.1, 0.15) is 39.0 Å². The first-order valence-electron chi connectivity index (χ1n) is 7.45. The van der Waals surface area contributed by atoms with E-state index in [4.69, 9.17) is 10.8 Å². The molecule has 120 valence electrons. The Morgan fingerprint density at radius 1 is 1.33 bits per heavy atom. The molecule has 3 amide bonds. The first kappa shape index (κ1) is 17.3. The summed E-state index contributed by atoms with van der Waals surface area (Å²) in [6.07, 6.45) is 2.72. The maximum atomic E-state index is 12.0. The molecule has 0 bridgehead atoms. The number of carbonyl (C=O) groups excluding carboxylic acids is 2. The highest BCUT2D eigenvalue weighted by molar-refractivity contribution is 5.75. The van der Waals surface area contributed by atoms with Gasteiger partial charge in [0.05, 0.1) is 0 Å². The topological polar surface area (TPSA) is 113 Å². The third-order valence-corrected chi connectivity index (χ3v) is 3.97. The summed E-state index contributed by atoms with van der Waals surface area (Å²) in [4.78, 5) is 35.3. The largest absolute Gasteiger partial charge is 0.481 e. The summed E-state index contributed by atoms with van der Waals surface area (Å²) in [5, 5.41) is 11.6. The van der Waals surface area contributed by atoms with Crippen molar-refractivity contribution < 1.29 is 19.5 Å². The van der Waals surface area contributed by atoms with Crippen LogP contribution in [0.2, 0.25) is 0 Å². The van der Waals surface area contributed by atoms with Gasteiger partial charge in [-0.05, 0) is 24.7 Å². The number of hydrogen-bond acceptors (Lipinski definition) is 3. The van der Waals surface area contributed by atoms with Crippen molar-refractivity contribution in [1.82, 2.24) is 10.2 Å². The molecule has 0 radical (unpaired) electrons. The van der Waals surface area contributed by atoms with Gasteiger partial charge in [-0.15, -0.1) is 0 Å². The molecule has 21 heavy (non-hydrogen) atoms. The Hall–Kier alpha value is -1.79. The number of rotatable bonds is 7. The van der Waals surface area contributed by atoms with Gasteiger partial charge in [0, 0.05) is 32.5 Å². The lowest BCUT2D eigenvalue weighted by Crippen LogP contribution is -2.46. The Balaban J connectivity index is 2.30. The minimum absolute atomic E-state index is 0.0427. The zero-order valence-corrected chi connectivity index (χ0v) is 12.5. The van der Waals surface area contributed by atoms with E-state index in [2.05, 4.69) is 5.32 Å². The predicted octanol–water partition coefficient (Wildman–Crippen LogP) is 0.784. The summed E-state index contributed by atoms with van der Waals surface area (Å²) in [5.74, 6) is -0.915. The van der Waals surface area contributed by atoms with E-state index in [0.29, 0.717) is 32.5 Å². The molecular weight excluding hydrogens is 274 g/mol. The van der Waals surface area contributed by atoms with Crippen molar-refractivity contribution in [3.05, 3.63) is 0 Å². The fourth-order valence-electron chi connectivity index (χ4n) is 2.58. The van der Waals surface area contributed by atoms with Gasteiger partial charge in [0.15, 0.2) is 0 Å². The number of nitrogens with zero attached hydrogens (tertiary/aromatic N) is 1. The summed E-state index contributed by atoms with van der Waals surface area (Å²) in [6, 6.07) is -0.156. The van der Waals surface area contributed by atoms with E-state index in [1.165, 1.54) is 0 Å². The molecule has 1 saturated heterocycles. The summed E-state index contributed by atoms with van der Waals surface area (Å²) < 4.78 is 0. The molecule has 0 aliphatic carbocycles. The van der Waals surface area contributed by atoms with Gasteiger partial charge in [-0.1, -0.05) is 13.3 Å². The molecule has 1 aliphatic heterocycles. The molecule has 7 nitrogen and oxygen atoms in total. The molecular formula is C14H25N3O4. The molecule has 1 aliphatic rings. The predicted molar refractivity (Wildman–Crippen MR) is 77.5 cm³/mol. The van der Waals surface area contributed by atoms with Crippen LogP contribution < -0.4 is 11.1 Å². The number of hydrogen-bond donors (Lipinski definition) is 3. The van der Waals surface area contributed by atoms with E-state index in [9.17, 15) is 14.4 Å². The quantitative estimate of drug-likeness (QED) is 0.644. The fraction of sp³-hybridized carbons (Fsp3) is 0.786. The standard InChI is InChI=1S/C14H25N3O4/c1-2-10(8-13(19)20)9-16-14(21)17-5-3-11(4-6-17)7-12(15)18/h10-11H,2-9H2,1H3,(H2,15,18)(H,16,21)(H,19,20). The molecule has 0 aromatic heterocycles. The van der Waals surface area contributed by atoms with Crippen LogP contribution in [0.4, 0.5) is 4.79 Å². The number of amides is 3. The number of aliphatic carboxylic acids is 1. The van der Waals surface area contributed by atoms with Crippen molar-refractivity contribution in [2.24, 2.45) is 17.6 Å². The molecule has 1 rings (SSSR count). The Morgan fingerprint density at radius 3 is 2.43 bits per heavy atom. The van der Waals surface area contributed by atoms with Crippen molar-refractivity contribution in [3.8, 4) is 0 Å². The number of carboxylic acids is 1. The van der Waals surface area contributed by atoms with Crippen molar-refractivity contribution >= 4 is 17.9 Å². The van der Waals surface area contributed by atoms with Gasteiger partial charge in [0.2, 0.25) is 5.91 Å². The monoisotopic (exact) mass is 299 g/mol. The number of carbonyl (C=O) groups is 3. The third kappa shape index (κ3) is 6.46. The first-order chi connectivity index (χ1) is 9.92. The van der Waals surface area contributed by atoms with Crippen molar-refractivity contribution in [2.45, 2.75) is 39.0 Å². The molecule has 1 fully saturated rings. The van der Waals surface area contributed by atoms with Crippen LogP contribution in [0.5, 0.6) is 0 Å². The van der Waals surface area contributed by atoms with Gasteiger partial charge < -0.3 is 21.1 Å². The summed E-state index contributed by atoms with van der Waals surface area (Å²) in [6.45, 7) is 3.51. The number of urea groups is 1. The van der Waals surface area contributed by atoms with Gasteiger partial charge in [0.1, 0.15) is 0 Å². The van der Waals surface area contributed by atoms with E-state index in [1.807, 2.05) is 6.92 Å². The minimum atomic E-state index is -0.844. The lowest BCUT2D eigenvalue weighted by atomic mass is 9.93. The van der Waals surface area contributed by atoms with E-state index in [0.717, 1.165) is 12.8 Å². The minimum Gasteiger partial charge on any atom is -0.481 e. The van der Waals surface area contributed by atoms with Crippen LogP contribution in [0.3, 0.4) is 0 Å². The Kier molecular flexibility index (Phi) is 6.98. The smallest absolute Gasteiger partial charge is 0.317 e. The second-order valence-electron chi connectivity index (χ2n) is 5.66. The van der Waals surface area contributed by atoms with Crippen molar-refractivity contribution in [2.75, 3.05) is 19.6 Å². The van der Waals surface area contributed by atoms with Crippen molar-refractivity contribution in [1.29, 1.82) is 0 Å². The van der Waals surface area contributed by atoms with Crippen LogP contribution >= 0.6 is 0 Å². The van der Waals surface area contributed by atoms with E-state index in [1.54, 1.807) is 4.90 Å². The number of nitrogens with one attached hydrogen (secondary N) is 1. The molecule has 1 unspecified atom stereocenters. The number of carboxylic acid groups (broad SMARTS) is 1. The molecule has 1 atom stereocenters. The molecule has 0 aromatic carbocycles. The van der Waals surface area contributed by atoms with Gasteiger partial charge in [-0.3, -0.25) is 9.59 Å². The maximum absolute atomic E-state index is 12.0. The van der Waals surface area contributed by atoms with Crippen molar-refractivity contribution in [3.63, 3.8) is 0 Å². The molecule has 0 spiro atoms. The van der Waals surface area contributed by atoms with Gasteiger partial charge >= 0.3 is 12.0 Å². The SMILES string of the molecule is CCC(CNC(=O)N1CCC(CC(N)=O)CC1)CC(=O)O. The van der Waals surface area contributed by atoms with E-state index in [-0.39, 0.29) is 30.2 Å². The van der Waals surface area contributed by atoms with Gasteiger partial charge in [0.25, 0.3) is 0 Å². The Morgan fingerprint density at radius 2 is 1.95 bits per heavy atom. The first-order valence-corrected chi connectivity index (χ1v) is 7.45. The number of nitrogens with two attached hydrogens (primary N) is 1. The summed E-state index contributed by atoms with van der Waals surface area (Å²) in [5.41, 5.74) is 5.17. The van der Waals surface area contributed by atoms with Gasteiger partial charge in [-0.25, -0.2) is 4.79 Å². The van der Waals surface area contributed by atoms with E-state index >= 15 is 0 Å². The van der Waals surface area contributed by atoms with E-state index < -0.39 is 5.97 Å². The summed E-state index contributed by atoms with van der Waals surface area (Å²) >= 11 is 0. The second kappa shape index (κ2) is 8.49. The summed E-state index contributed by atoms with van der Waals surface area (Å²) in [7, 11) is 0. The van der Waals surface area contributed by atoms with Crippen LogP contribution in [0.25, 0.3) is 0 Å². The lowest BCUT2D eigenvalue weighted by Gasteiger charge is -2.32. The lowest BCUT2D eigenvalue weighted by molar-refractivity contribution is -0.138. The fourth-order valence-corrected chi connectivity index (χ4v) is 2.58. The molecule has 1 heterocycles. The third-order valence-electron chi connectivity index (χ3n) is 3.97. The van der Waals surface area contributed by atoms with Gasteiger partial charge in [-0.2, -0.15) is 0 Å². The number of primary amides is 1. The van der Waals surface area contributed by atoms with Crippen LogP contribution in [0, 0.1) is 11.8 Å². The van der Waals surface area contributed by atoms with Crippen LogP contribution in [-0.2, 0) is 9.59 Å². The second-order valence-corrected chi connectivity index (χ2v) is 5.66. The average molecular weight is 299 g/mol.